The molecule has 2 bridgehead atoms. The van der Waals surface area contributed by atoms with E-state index in [1.807, 2.05) is 12.2 Å². The highest BCUT2D eigenvalue weighted by molar-refractivity contribution is 6.07. The van der Waals surface area contributed by atoms with Gasteiger partial charge in [0.05, 0.1) is 24.3 Å². The number of amides is 2. The van der Waals surface area contributed by atoms with Crippen LogP contribution in [0.4, 0.5) is 0 Å². The molecule has 2 fully saturated rings. The van der Waals surface area contributed by atoms with Crippen molar-refractivity contribution in [3.05, 3.63) is 12.2 Å². The van der Waals surface area contributed by atoms with Crippen LogP contribution in [0.25, 0.3) is 0 Å². The Labute approximate surface area is 98.1 Å². The Balaban J connectivity index is 1.94. The number of carboxylic acid groups (broad SMARTS) is 1. The average Bonchev–Trinajstić information content (AvgIpc) is 2.57. The summed E-state index contributed by atoms with van der Waals surface area (Å²) in [7, 11) is 0. The predicted octanol–water partition coefficient (Wildman–Crippen LogP) is -1.07. The Hall–Kier alpha value is -1.65. The summed E-state index contributed by atoms with van der Waals surface area (Å²) in [4.78, 5) is 35.5. The maximum atomic E-state index is 12.1. The summed E-state index contributed by atoms with van der Waals surface area (Å²) in [6.45, 7) is -0.607. The Morgan fingerprint density at radius 3 is 2.00 bits per heavy atom. The first-order chi connectivity index (χ1) is 8.09. The van der Waals surface area contributed by atoms with Crippen LogP contribution in [-0.4, -0.2) is 29.2 Å². The van der Waals surface area contributed by atoms with Crippen LogP contribution in [0.3, 0.4) is 0 Å². The molecule has 1 saturated heterocycles. The van der Waals surface area contributed by atoms with E-state index in [4.69, 9.17) is 0 Å². The molecule has 4 aliphatic rings. The number of hydrogen-bond acceptors (Lipinski definition) is 4. The van der Waals surface area contributed by atoms with Crippen molar-refractivity contribution in [2.24, 2.45) is 23.7 Å². The van der Waals surface area contributed by atoms with E-state index in [1.54, 1.807) is 0 Å². The Morgan fingerprint density at radius 1 is 1.18 bits per heavy atom. The second-order valence-electron chi connectivity index (χ2n) is 4.98. The van der Waals surface area contributed by atoms with Gasteiger partial charge in [-0.25, -0.2) is 0 Å². The van der Waals surface area contributed by atoms with Crippen molar-refractivity contribution in [3.8, 4) is 0 Å². The minimum atomic E-state index is -1.38. The molecule has 0 N–H and O–H groups in total. The molecule has 0 aromatic rings. The minimum Gasteiger partial charge on any atom is -0.548 e. The van der Waals surface area contributed by atoms with Gasteiger partial charge in [0, 0.05) is 0 Å². The molecule has 5 nitrogen and oxygen atoms in total. The molecule has 1 heterocycles. The van der Waals surface area contributed by atoms with Crippen molar-refractivity contribution in [2.45, 2.75) is 12.8 Å². The molecule has 90 valence electrons. The molecule has 4 rings (SSSR count). The first-order valence-corrected chi connectivity index (χ1v) is 5.83. The van der Waals surface area contributed by atoms with E-state index >= 15 is 0 Å². The lowest BCUT2D eigenvalue weighted by atomic mass is 9.63. The van der Waals surface area contributed by atoms with Gasteiger partial charge in [-0.2, -0.15) is 0 Å². The molecule has 0 radical (unpaired) electrons. The SMILES string of the molecule is O=C([O-])CN1C(=O)C2C3C=CC(CC3)C2C1=O. The predicted molar refractivity (Wildman–Crippen MR) is 54.1 cm³/mol. The van der Waals surface area contributed by atoms with Crippen molar-refractivity contribution < 1.29 is 19.5 Å². The normalized spacial score (nSPS) is 38.7. The molecule has 0 spiro atoms. The van der Waals surface area contributed by atoms with Crippen LogP contribution < -0.4 is 5.11 Å². The van der Waals surface area contributed by atoms with Gasteiger partial charge in [-0.1, -0.05) is 12.2 Å². The molecule has 2 amide bonds. The topological polar surface area (TPSA) is 77.5 Å². The molecule has 4 atom stereocenters. The van der Waals surface area contributed by atoms with Crippen LogP contribution in [-0.2, 0) is 14.4 Å². The van der Waals surface area contributed by atoms with Gasteiger partial charge < -0.3 is 9.90 Å². The second kappa shape index (κ2) is 3.42. The highest BCUT2D eigenvalue weighted by Gasteiger charge is 2.56. The van der Waals surface area contributed by atoms with E-state index in [0.29, 0.717) is 0 Å². The lowest BCUT2D eigenvalue weighted by Crippen LogP contribution is -2.42. The third-order valence-electron chi connectivity index (χ3n) is 4.14. The summed E-state index contributed by atoms with van der Waals surface area (Å²) in [5.74, 6) is -2.49. The summed E-state index contributed by atoms with van der Waals surface area (Å²) in [5.41, 5.74) is 0. The number of imide groups is 1. The summed E-state index contributed by atoms with van der Waals surface area (Å²) >= 11 is 0. The summed E-state index contributed by atoms with van der Waals surface area (Å²) in [6, 6.07) is 0. The fourth-order valence-electron chi connectivity index (χ4n) is 3.42. The molecule has 4 unspecified atom stereocenters. The highest BCUT2D eigenvalue weighted by atomic mass is 16.4. The number of carbonyl (C=O) groups is 3. The zero-order chi connectivity index (χ0) is 12.2. The lowest BCUT2D eigenvalue weighted by molar-refractivity contribution is -0.305. The van der Waals surface area contributed by atoms with Crippen LogP contribution >= 0.6 is 0 Å². The molecule has 5 heteroatoms. The highest BCUT2D eigenvalue weighted by Crippen LogP contribution is 2.49. The van der Waals surface area contributed by atoms with Gasteiger partial charge in [-0.3, -0.25) is 14.5 Å². The molecule has 1 saturated carbocycles. The first-order valence-electron chi connectivity index (χ1n) is 5.83. The molecular weight excluding hydrogens is 222 g/mol. The number of hydrogen-bond donors (Lipinski definition) is 0. The lowest BCUT2D eigenvalue weighted by Gasteiger charge is -2.38. The van der Waals surface area contributed by atoms with E-state index in [0.717, 1.165) is 17.7 Å². The molecule has 1 aliphatic heterocycles. The average molecular weight is 234 g/mol. The van der Waals surface area contributed by atoms with E-state index in [2.05, 4.69) is 0 Å². The van der Waals surface area contributed by atoms with E-state index < -0.39 is 12.5 Å². The van der Waals surface area contributed by atoms with E-state index in [-0.39, 0.29) is 35.5 Å². The molecule has 0 aromatic carbocycles. The van der Waals surface area contributed by atoms with E-state index in [9.17, 15) is 19.5 Å². The fraction of sp³-hybridized carbons (Fsp3) is 0.583. The Bertz CT molecular complexity index is 410. The van der Waals surface area contributed by atoms with Gasteiger partial charge in [0.1, 0.15) is 0 Å². The number of fused-ring (bicyclic) bond motifs is 1. The smallest absolute Gasteiger partial charge is 0.234 e. The van der Waals surface area contributed by atoms with Gasteiger partial charge in [0.2, 0.25) is 11.8 Å². The standard InChI is InChI=1S/C12H13NO4/c14-8(15)5-13-11(16)9-6-1-2-7(4-3-6)10(9)12(13)17/h1-2,6-7,9-10H,3-5H2,(H,14,15)/p-1. The van der Waals surface area contributed by atoms with Gasteiger partial charge in [-0.05, 0) is 24.7 Å². The summed E-state index contributed by atoms with van der Waals surface area (Å²) < 4.78 is 0. The number of carboxylic acids is 1. The third kappa shape index (κ3) is 1.34. The zero-order valence-electron chi connectivity index (χ0n) is 9.17. The van der Waals surface area contributed by atoms with Crippen LogP contribution in [0.5, 0.6) is 0 Å². The van der Waals surface area contributed by atoms with Gasteiger partial charge >= 0.3 is 0 Å². The number of nitrogens with zero attached hydrogens (tertiary/aromatic N) is 1. The van der Waals surface area contributed by atoms with Crippen LogP contribution in [0, 0.1) is 23.7 Å². The van der Waals surface area contributed by atoms with Gasteiger partial charge in [-0.15, -0.1) is 0 Å². The van der Waals surface area contributed by atoms with E-state index in [1.165, 1.54) is 0 Å². The van der Waals surface area contributed by atoms with Crippen molar-refractivity contribution >= 4 is 17.8 Å². The second-order valence-corrected chi connectivity index (χ2v) is 4.98. The molecule has 3 aliphatic carbocycles. The maximum Gasteiger partial charge on any atom is 0.234 e. The Kier molecular flexibility index (Phi) is 2.11. The fourth-order valence-corrected chi connectivity index (χ4v) is 3.42. The van der Waals surface area contributed by atoms with Crippen molar-refractivity contribution in [2.75, 3.05) is 6.54 Å². The van der Waals surface area contributed by atoms with Gasteiger partial charge in [0.25, 0.3) is 0 Å². The largest absolute Gasteiger partial charge is 0.548 e. The summed E-state index contributed by atoms with van der Waals surface area (Å²) in [5, 5.41) is 10.6. The number of carbonyl (C=O) groups excluding carboxylic acids is 3. The third-order valence-corrected chi connectivity index (χ3v) is 4.14. The number of allylic oxidation sites excluding steroid dienone is 2. The number of aliphatic carboxylic acids is 1. The maximum absolute atomic E-state index is 12.1. The van der Waals surface area contributed by atoms with Crippen LogP contribution in [0.2, 0.25) is 0 Å². The van der Waals surface area contributed by atoms with Crippen molar-refractivity contribution in [1.82, 2.24) is 4.90 Å². The Morgan fingerprint density at radius 2 is 1.65 bits per heavy atom. The van der Waals surface area contributed by atoms with Crippen LogP contribution in [0.1, 0.15) is 12.8 Å². The zero-order valence-corrected chi connectivity index (χ0v) is 9.17. The van der Waals surface area contributed by atoms with Crippen molar-refractivity contribution in [3.63, 3.8) is 0 Å². The quantitative estimate of drug-likeness (QED) is 0.450. The summed E-state index contributed by atoms with van der Waals surface area (Å²) in [6.07, 6.45) is 5.84. The first kappa shape index (κ1) is 10.5. The number of likely N-dealkylation sites (tertiary alicyclic amines) is 1. The van der Waals surface area contributed by atoms with Crippen LogP contribution in [0.15, 0.2) is 12.2 Å². The monoisotopic (exact) mass is 234 g/mol. The number of rotatable bonds is 2. The van der Waals surface area contributed by atoms with Gasteiger partial charge in [0.15, 0.2) is 0 Å². The molecular formula is C12H12NO4-. The van der Waals surface area contributed by atoms with Crippen molar-refractivity contribution in [1.29, 1.82) is 0 Å². The molecule has 17 heavy (non-hydrogen) atoms. The molecule has 0 aromatic heterocycles. The minimum absolute atomic E-state index is 0.105.